The lowest BCUT2D eigenvalue weighted by atomic mass is 9.99. The third kappa shape index (κ3) is 1.90. The van der Waals surface area contributed by atoms with E-state index in [2.05, 4.69) is 38.6 Å². The molecule has 0 aromatic carbocycles. The summed E-state index contributed by atoms with van der Waals surface area (Å²) >= 11 is 1.86. The maximum absolute atomic E-state index is 4.65. The van der Waals surface area contributed by atoms with E-state index in [0.29, 0.717) is 12.1 Å². The van der Waals surface area contributed by atoms with Gasteiger partial charge >= 0.3 is 0 Å². The second kappa shape index (κ2) is 4.39. The van der Waals surface area contributed by atoms with Crippen molar-refractivity contribution < 1.29 is 0 Å². The van der Waals surface area contributed by atoms with E-state index in [4.69, 9.17) is 0 Å². The van der Waals surface area contributed by atoms with Gasteiger partial charge in [0.2, 0.25) is 0 Å². The molecule has 0 spiro atoms. The zero-order valence-corrected chi connectivity index (χ0v) is 11.9. The summed E-state index contributed by atoms with van der Waals surface area (Å²) in [5.41, 5.74) is 2.67. The van der Waals surface area contributed by atoms with E-state index in [1.54, 1.807) is 0 Å². The van der Waals surface area contributed by atoms with E-state index >= 15 is 0 Å². The van der Waals surface area contributed by atoms with Crippen molar-refractivity contribution in [3.8, 4) is 0 Å². The van der Waals surface area contributed by atoms with Crippen molar-refractivity contribution in [2.45, 2.75) is 44.8 Å². The molecule has 1 saturated heterocycles. The molecular formula is C15H17N3S. The van der Waals surface area contributed by atoms with Crippen LogP contribution in [0.25, 0.3) is 0 Å². The number of thiophene rings is 1. The van der Waals surface area contributed by atoms with Gasteiger partial charge in [0.25, 0.3) is 0 Å². The van der Waals surface area contributed by atoms with Gasteiger partial charge in [0.1, 0.15) is 5.82 Å². The molecular weight excluding hydrogens is 254 g/mol. The van der Waals surface area contributed by atoms with Gasteiger partial charge in [-0.05, 0) is 31.2 Å². The monoisotopic (exact) mass is 271 g/mol. The second-order valence-electron chi connectivity index (χ2n) is 5.52. The molecule has 2 aliphatic rings. The Morgan fingerprint density at radius 3 is 3.21 bits per heavy atom. The molecule has 2 atom stereocenters. The SMILES string of the molecule is Cc1ncc2c(n1)C[C@@H]1CC[C@@H]2N1Cc1cccs1. The van der Waals surface area contributed by atoms with Crippen LogP contribution >= 0.6 is 11.3 Å². The van der Waals surface area contributed by atoms with Crippen LogP contribution in [0.3, 0.4) is 0 Å². The molecule has 19 heavy (non-hydrogen) atoms. The molecule has 2 aromatic rings. The topological polar surface area (TPSA) is 29.0 Å². The lowest BCUT2D eigenvalue weighted by molar-refractivity contribution is 0.167. The first-order valence-electron chi connectivity index (χ1n) is 6.92. The second-order valence-corrected chi connectivity index (χ2v) is 6.55. The largest absolute Gasteiger partial charge is 0.288 e. The van der Waals surface area contributed by atoms with Crippen LogP contribution in [0.15, 0.2) is 23.7 Å². The highest BCUT2D eigenvalue weighted by molar-refractivity contribution is 7.09. The molecule has 2 aromatic heterocycles. The number of fused-ring (bicyclic) bond motifs is 4. The van der Waals surface area contributed by atoms with Crippen molar-refractivity contribution in [2.75, 3.05) is 0 Å². The molecule has 2 aliphatic heterocycles. The summed E-state index contributed by atoms with van der Waals surface area (Å²) in [6, 6.07) is 5.60. The zero-order chi connectivity index (χ0) is 12.8. The van der Waals surface area contributed by atoms with Crippen molar-refractivity contribution in [1.82, 2.24) is 14.9 Å². The van der Waals surface area contributed by atoms with Gasteiger partial charge in [-0.15, -0.1) is 11.3 Å². The van der Waals surface area contributed by atoms with Gasteiger partial charge in [-0.2, -0.15) is 0 Å². The predicted octanol–water partition coefficient (Wildman–Crippen LogP) is 3.11. The Kier molecular flexibility index (Phi) is 2.67. The molecule has 4 heterocycles. The van der Waals surface area contributed by atoms with Crippen molar-refractivity contribution in [1.29, 1.82) is 0 Å². The Hall–Kier alpha value is -1.26. The van der Waals surface area contributed by atoms with Crippen molar-refractivity contribution in [3.05, 3.63) is 45.7 Å². The minimum atomic E-state index is 0.538. The molecule has 0 amide bonds. The minimum absolute atomic E-state index is 0.538. The van der Waals surface area contributed by atoms with Gasteiger partial charge in [-0.1, -0.05) is 6.07 Å². The third-order valence-corrected chi connectivity index (χ3v) is 5.23. The van der Waals surface area contributed by atoms with Crippen LogP contribution in [-0.4, -0.2) is 20.9 Å². The van der Waals surface area contributed by atoms with Crippen LogP contribution in [0.4, 0.5) is 0 Å². The molecule has 0 saturated carbocycles. The number of rotatable bonds is 2. The van der Waals surface area contributed by atoms with E-state index in [1.807, 2.05) is 18.3 Å². The molecule has 98 valence electrons. The molecule has 0 N–H and O–H groups in total. The van der Waals surface area contributed by atoms with Crippen LogP contribution in [0.1, 0.15) is 40.8 Å². The molecule has 0 unspecified atom stereocenters. The highest BCUT2D eigenvalue weighted by Gasteiger charge is 2.40. The first kappa shape index (κ1) is 11.6. The van der Waals surface area contributed by atoms with Gasteiger partial charge in [-0.25, -0.2) is 9.97 Å². The molecule has 4 rings (SSSR count). The van der Waals surface area contributed by atoms with E-state index in [0.717, 1.165) is 18.8 Å². The Labute approximate surface area is 117 Å². The fraction of sp³-hybridized carbons (Fsp3) is 0.467. The summed E-state index contributed by atoms with van der Waals surface area (Å²) in [7, 11) is 0. The Balaban J connectivity index is 1.68. The number of aryl methyl sites for hydroxylation is 1. The minimum Gasteiger partial charge on any atom is -0.288 e. The normalized spacial score (nSPS) is 25.5. The molecule has 1 fully saturated rings. The lowest BCUT2D eigenvalue weighted by Gasteiger charge is -2.35. The van der Waals surface area contributed by atoms with Crippen molar-refractivity contribution >= 4 is 11.3 Å². The molecule has 0 radical (unpaired) electrons. The van der Waals surface area contributed by atoms with Gasteiger partial charge in [-0.3, -0.25) is 4.90 Å². The summed E-state index contributed by atoms with van der Waals surface area (Å²) < 4.78 is 0. The number of hydrogen-bond acceptors (Lipinski definition) is 4. The summed E-state index contributed by atoms with van der Waals surface area (Å²) in [5, 5.41) is 2.17. The van der Waals surface area contributed by atoms with Gasteiger partial charge in [0.15, 0.2) is 0 Å². The molecule has 2 bridgehead atoms. The van der Waals surface area contributed by atoms with E-state index in [9.17, 15) is 0 Å². The maximum Gasteiger partial charge on any atom is 0.125 e. The average Bonchev–Trinajstić information content (AvgIpc) is 2.99. The van der Waals surface area contributed by atoms with E-state index < -0.39 is 0 Å². The number of hydrogen-bond donors (Lipinski definition) is 0. The first-order valence-corrected chi connectivity index (χ1v) is 7.80. The highest BCUT2D eigenvalue weighted by Crippen LogP contribution is 2.43. The Morgan fingerprint density at radius 2 is 2.37 bits per heavy atom. The lowest BCUT2D eigenvalue weighted by Crippen LogP contribution is -2.37. The maximum atomic E-state index is 4.65. The van der Waals surface area contributed by atoms with Crippen LogP contribution in [0, 0.1) is 6.92 Å². The molecule has 0 aliphatic carbocycles. The zero-order valence-electron chi connectivity index (χ0n) is 11.0. The summed E-state index contributed by atoms with van der Waals surface area (Å²) in [6.07, 6.45) is 5.72. The Bertz CT molecular complexity index is 593. The van der Waals surface area contributed by atoms with Gasteiger partial charge in [0.05, 0.1) is 5.69 Å². The quantitative estimate of drug-likeness (QED) is 0.840. The smallest absolute Gasteiger partial charge is 0.125 e. The molecule has 4 heteroatoms. The first-order chi connectivity index (χ1) is 9.31. The van der Waals surface area contributed by atoms with E-state index in [1.165, 1.54) is 29.0 Å². The number of aromatic nitrogens is 2. The molecule has 3 nitrogen and oxygen atoms in total. The fourth-order valence-electron chi connectivity index (χ4n) is 3.50. The standard InChI is InChI=1S/C15H17N3S/c1-10-16-8-13-14(17-10)7-11-4-5-15(13)18(11)9-12-3-2-6-19-12/h2-3,6,8,11,15H,4-5,7,9H2,1H3/t11-,15-/m0/s1. The van der Waals surface area contributed by atoms with Crippen LogP contribution < -0.4 is 0 Å². The fourth-order valence-corrected chi connectivity index (χ4v) is 4.22. The third-order valence-electron chi connectivity index (χ3n) is 4.37. The summed E-state index contributed by atoms with van der Waals surface area (Å²) in [6.45, 7) is 3.07. The highest BCUT2D eigenvalue weighted by atomic mass is 32.1. The van der Waals surface area contributed by atoms with E-state index in [-0.39, 0.29) is 0 Å². The summed E-state index contributed by atoms with van der Waals surface area (Å²) in [5.74, 6) is 0.907. The van der Waals surface area contributed by atoms with Crippen LogP contribution in [0.5, 0.6) is 0 Å². The summed E-state index contributed by atoms with van der Waals surface area (Å²) in [4.78, 5) is 13.2. The van der Waals surface area contributed by atoms with Gasteiger partial charge < -0.3 is 0 Å². The predicted molar refractivity (Wildman–Crippen MR) is 76.1 cm³/mol. The Morgan fingerprint density at radius 1 is 1.42 bits per heavy atom. The van der Waals surface area contributed by atoms with Gasteiger partial charge in [0, 0.05) is 41.7 Å². The van der Waals surface area contributed by atoms with Crippen molar-refractivity contribution in [3.63, 3.8) is 0 Å². The number of nitrogens with zero attached hydrogens (tertiary/aromatic N) is 3. The average molecular weight is 271 g/mol. The van der Waals surface area contributed by atoms with Crippen LogP contribution in [0.2, 0.25) is 0 Å². The van der Waals surface area contributed by atoms with Crippen LogP contribution in [-0.2, 0) is 13.0 Å². The van der Waals surface area contributed by atoms with Crippen molar-refractivity contribution in [2.24, 2.45) is 0 Å².